The molecule has 4 aromatic rings. The first-order valence-electron chi connectivity index (χ1n) is 13.7. The van der Waals surface area contributed by atoms with E-state index in [1.807, 2.05) is 17.0 Å². The zero-order valence-electron chi connectivity index (χ0n) is 23.0. The molecule has 2 aromatic carbocycles. The topological polar surface area (TPSA) is 163 Å². The molecule has 0 spiro atoms. The zero-order valence-corrected chi connectivity index (χ0v) is 23.0. The summed E-state index contributed by atoms with van der Waals surface area (Å²) in [4.78, 5) is 40.0. The van der Waals surface area contributed by atoms with Gasteiger partial charge in [0.25, 0.3) is 5.91 Å². The number of β-amino-alcohol motifs (C(OH)–C–C–N with tert-alkyl or cyclic N) is 1. The molecule has 0 saturated carbocycles. The monoisotopic (exact) mass is 575 g/mol. The largest absolute Gasteiger partial charge is 0.493 e. The van der Waals surface area contributed by atoms with E-state index in [-0.39, 0.29) is 23.7 Å². The van der Waals surface area contributed by atoms with E-state index in [0.717, 1.165) is 30.6 Å². The summed E-state index contributed by atoms with van der Waals surface area (Å²) >= 11 is 0. The van der Waals surface area contributed by atoms with Crippen molar-refractivity contribution in [2.45, 2.75) is 25.4 Å². The van der Waals surface area contributed by atoms with Crippen molar-refractivity contribution in [1.82, 2.24) is 14.9 Å². The van der Waals surface area contributed by atoms with E-state index in [1.165, 1.54) is 12.1 Å². The molecule has 1 saturated heterocycles. The summed E-state index contributed by atoms with van der Waals surface area (Å²) < 4.78 is 20.1. The highest BCUT2D eigenvalue weighted by Crippen LogP contribution is 2.38. The Hall–Kier alpha value is -4.75. The number of aliphatic hydroxyl groups excluding tert-OH is 1. The second-order valence-electron chi connectivity index (χ2n) is 10.5. The highest BCUT2D eigenvalue weighted by atomic mass is 19.1. The van der Waals surface area contributed by atoms with Gasteiger partial charge in [0.05, 0.1) is 42.1 Å². The third-order valence-corrected chi connectivity index (χ3v) is 7.67. The number of H-pyrrole nitrogens is 2. The molecule has 2 aliphatic rings. The van der Waals surface area contributed by atoms with Gasteiger partial charge in [0.15, 0.2) is 5.75 Å². The quantitative estimate of drug-likeness (QED) is 0.214. The molecule has 13 heteroatoms. The van der Waals surface area contributed by atoms with E-state index in [2.05, 4.69) is 25.6 Å². The van der Waals surface area contributed by atoms with Crippen molar-refractivity contribution >= 4 is 51.7 Å². The van der Waals surface area contributed by atoms with Crippen LogP contribution in [-0.2, 0) is 11.2 Å². The molecular formula is C29H32FN8O4+. The lowest BCUT2D eigenvalue weighted by Crippen LogP contribution is -2.45. The standard InChI is InChI=1S/C29H31FN8O4/c1-42-23-12-16-8-11-38(24(40)15-37-10-3-4-17(39)14-37)22(16)13-21(23)34-29-35-27-18(7-9-32-27)28(36-29)33-20-6-2-5-19(30)25(20)26(31)41/h2,5-7,9,12-13,17,39H,3-4,8,10-11,14-15H2,1H3,(H2,31,41)(H3,32,33,34,35,36)/p+1. The summed E-state index contributed by atoms with van der Waals surface area (Å²) in [5.41, 5.74) is 8.33. The minimum absolute atomic E-state index is 0.0247. The van der Waals surface area contributed by atoms with Crippen LogP contribution >= 0.6 is 0 Å². The molecule has 218 valence electrons. The summed E-state index contributed by atoms with van der Waals surface area (Å²) in [6.07, 6.45) is 3.64. The summed E-state index contributed by atoms with van der Waals surface area (Å²) in [6, 6.07) is 9.75. The maximum Gasteiger partial charge on any atom is 0.351 e. The van der Waals surface area contributed by atoms with Gasteiger partial charge in [0, 0.05) is 25.4 Å². The van der Waals surface area contributed by atoms with E-state index in [4.69, 9.17) is 10.5 Å². The van der Waals surface area contributed by atoms with Crippen LogP contribution in [0.4, 0.5) is 33.2 Å². The Labute approximate surface area is 240 Å². The van der Waals surface area contributed by atoms with Gasteiger partial charge in [0.1, 0.15) is 11.5 Å². The number of nitrogens with one attached hydrogen (secondary N) is 4. The van der Waals surface area contributed by atoms with E-state index in [1.54, 1.807) is 30.3 Å². The van der Waals surface area contributed by atoms with Gasteiger partial charge in [-0.1, -0.05) is 11.1 Å². The molecule has 0 aliphatic carbocycles. The molecule has 6 rings (SSSR count). The number of hydrogen-bond donors (Lipinski definition) is 5. The van der Waals surface area contributed by atoms with E-state index in [0.29, 0.717) is 53.7 Å². The van der Waals surface area contributed by atoms with Crippen LogP contribution < -0.4 is 31.0 Å². The Bertz CT molecular complexity index is 1680. The summed E-state index contributed by atoms with van der Waals surface area (Å²) in [5.74, 6) is -0.428. The number of halogens is 1. The van der Waals surface area contributed by atoms with Gasteiger partial charge in [0.2, 0.25) is 17.4 Å². The lowest BCUT2D eigenvalue weighted by molar-refractivity contribution is -0.333. The first-order chi connectivity index (χ1) is 20.3. The lowest BCUT2D eigenvalue weighted by Gasteiger charge is -2.30. The maximum absolute atomic E-state index is 14.4. The van der Waals surface area contributed by atoms with Crippen LogP contribution in [0, 0.1) is 5.82 Å². The SMILES string of the molecule is COc1cc2c(cc1Nc1nc(Nc3cccc(F)c3C(N)=O)c3cc[nH]c3[nH+]1)N(C(=O)CN1CCCC(O)C1)CC2. The number of carbonyl (C=O) groups excluding carboxylic acids is 2. The van der Waals surface area contributed by atoms with E-state index in [9.17, 15) is 19.1 Å². The van der Waals surface area contributed by atoms with Crippen molar-refractivity contribution in [1.29, 1.82) is 0 Å². The smallest absolute Gasteiger partial charge is 0.351 e. The number of hydrogen-bond acceptors (Lipinski definition) is 8. The Kier molecular flexibility index (Phi) is 7.35. The number of fused-ring (bicyclic) bond motifs is 2. The highest BCUT2D eigenvalue weighted by molar-refractivity contribution is 6.01. The van der Waals surface area contributed by atoms with Crippen molar-refractivity contribution in [2.24, 2.45) is 5.73 Å². The number of aromatic nitrogens is 3. The maximum atomic E-state index is 14.4. The highest BCUT2D eigenvalue weighted by Gasteiger charge is 2.30. The first-order valence-corrected chi connectivity index (χ1v) is 13.7. The van der Waals surface area contributed by atoms with Crippen LogP contribution in [0.25, 0.3) is 11.0 Å². The van der Waals surface area contributed by atoms with Gasteiger partial charge in [-0.2, -0.15) is 0 Å². The second kappa shape index (κ2) is 11.3. The Morgan fingerprint density at radius 3 is 2.88 bits per heavy atom. The molecular weight excluding hydrogens is 543 g/mol. The molecule has 0 bridgehead atoms. The molecule has 1 atom stereocenters. The molecule has 7 N–H and O–H groups in total. The number of aliphatic hydroxyl groups is 1. The minimum atomic E-state index is -0.903. The van der Waals surface area contributed by atoms with Gasteiger partial charge in [-0.05, 0) is 55.6 Å². The van der Waals surface area contributed by atoms with Gasteiger partial charge in [-0.25, -0.2) is 9.37 Å². The van der Waals surface area contributed by atoms with Crippen LogP contribution in [0.2, 0.25) is 0 Å². The predicted octanol–water partition coefficient (Wildman–Crippen LogP) is 2.46. The van der Waals surface area contributed by atoms with Crippen LogP contribution in [0.1, 0.15) is 28.8 Å². The number of benzene rings is 2. The molecule has 1 unspecified atom stereocenters. The fraction of sp³-hybridized carbons (Fsp3) is 0.310. The normalized spacial score (nSPS) is 16.8. The summed E-state index contributed by atoms with van der Waals surface area (Å²) in [7, 11) is 1.57. The number of amides is 2. The molecule has 12 nitrogen and oxygen atoms in total. The van der Waals surface area contributed by atoms with Crippen LogP contribution in [-0.4, -0.2) is 71.2 Å². The van der Waals surface area contributed by atoms with Gasteiger partial charge < -0.3 is 25.8 Å². The molecule has 2 aromatic heterocycles. The molecule has 1 fully saturated rings. The average molecular weight is 576 g/mol. The number of aromatic amines is 2. The molecule has 2 aliphatic heterocycles. The number of rotatable bonds is 8. The van der Waals surface area contributed by atoms with Crippen molar-refractivity contribution in [3.8, 4) is 5.75 Å². The number of methoxy groups -OCH3 is 1. The third kappa shape index (κ3) is 5.31. The van der Waals surface area contributed by atoms with E-state index >= 15 is 0 Å². The van der Waals surface area contributed by atoms with Gasteiger partial charge >= 0.3 is 5.95 Å². The number of nitrogens with zero attached hydrogens (tertiary/aromatic N) is 3. The Morgan fingerprint density at radius 1 is 1.24 bits per heavy atom. The number of piperidine rings is 1. The molecule has 42 heavy (non-hydrogen) atoms. The van der Waals surface area contributed by atoms with Crippen molar-refractivity contribution in [2.75, 3.05) is 48.8 Å². The number of carbonyl (C=O) groups is 2. The number of ether oxygens (including phenoxy) is 1. The van der Waals surface area contributed by atoms with Gasteiger partial charge in [-0.3, -0.25) is 24.8 Å². The Morgan fingerprint density at radius 2 is 2.10 bits per heavy atom. The van der Waals surface area contributed by atoms with Gasteiger partial charge in [-0.15, -0.1) is 0 Å². The van der Waals surface area contributed by atoms with Crippen LogP contribution in [0.5, 0.6) is 5.75 Å². The fourth-order valence-electron chi connectivity index (χ4n) is 5.67. The lowest BCUT2D eigenvalue weighted by atomic mass is 10.1. The predicted molar refractivity (Wildman–Crippen MR) is 155 cm³/mol. The van der Waals surface area contributed by atoms with E-state index < -0.39 is 17.8 Å². The Balaban J connectivity index is 1.30. The van der Waals surface area contributed by atoms with Crippen LogP contribution in [0.15, 0.2) is 42.6 Å². The fourth-order valence-corrected chi connectivity index (χ4v) is 5.67. The molecule has 4 heterocycles. The van der Waals surface area contributed by atoms with Crippen molar-refractivity contribution < 1.29 is 28.8 Å². The molecule has 0 radical (unpaired) electrons. The average Bonchev–Trinajstić information content (AvgIpc) is 3.59. The minimum Gasteiger partial charge on any atom is -0.493 e. The second-order valence-corrected chi connectivity index (χ2v) is 10.5. The summed E-state index contributed by atoms with van der Waals surface area (Å²) in [5, 5.41) is 17.0. The number of nitrogens with two attached hydrogens (primary N) is 1. The number of anilines is 5. The third-order valence-electron chi connectivity index (χ3n) is 7.67. The van der Waals surface area contributed by atoms with Crippen LogP contribution in [0.3, 0.4) is 0 Å². The van der Waals surface area contributed by atoms with Crippen molar-refractivity contribution in [3.63, 3.8) is 0 Å². The first kappa shape index (κ1) is 27.4. The van der Waals surface area contributed by atoms with Crippen molar-refractivity contribution in [3.05, 3.63) is 59.5 Å². The molecule has 2 amide bonds. The summed E-state index contributed by atoms with van der Waals surface area (Å²) in [6.45, 7) is 2.08. The number of likely N-dealkylation sites (tertiary alicyclic amines) is 1. The number of primary amides is 1. The zero-order chi connectivity index (χ0) is 29.4.